The van der Waals surface area contributed by atoms with Gasteiger partial charge in [0.15, 0.2) is 39.1 Å². The second-order valence-electron chi connectivity index (χ2n) is 27.2. The molecule has 0 radical (unpaired) electrons. The summed E-state index contributed by atoms with van der Waals surface area (Å²) in [6.07, 6.45) is 1.43. The molecule has 13 heteroatoms. The van der Waals surface area contributed by atoms with Crippen LogP contribution in [0.2, 0.25) is 72.5 Å². The Morgan fingerprint density at radius 2 is 1.23 bits per heavy atom. The lowest BCUT2D eigenvalue weighted by Gasteiger charge is -2.53. The first-order valence-electron chi connectivity index (χ1n) is 25.1. The van der Waals surface area contributed by atoms with E-state index in [1.165, 1.54) is 11.1 Å². The highest BCUT2D eigenvalue weighted by molar-refractivity contribution is 14.1. The predicted molar refractivity (Wildman–Crippen MR) is 295 cm³/mol. The lowest BCUT2D eigenvalue weighted by atomic mass is 9.72. The first kappa shape index (κ1) is 61.9. The number of aliphatic hydroxyl groups excluding tert-OH is 1. The summed E-state index contributed by atoms with van der Waals surface area (Å²) in [4.78, 5) is 0. The second-order valence-corrected chi connectivity index (χ2v) is 46.9. The number of aliphatic hydroxyl groups is 1. The molecule has 0 aliphatic carbocycles. The van der Waals surface area contributed by atoms with E-state index < -0.39 is 62.8 Å². The van der Waals surface area contributed by atoms with Gasteiger partial charge in [0.1, 0.15) is 6.10 Å². The topological polar surface area (TPSA) is 84.8 Å². The quantitative estimate of drug-likeness (QED) is 0.0778. The molecule has 11 atom stereocenters. The minimum atomic E-state index is -2.34. The Labute approximate surface area is 420 Å². The van der Waals surface area contributed by atoms with Crippen molar-refractivity contribution < 1.29 is 37.0 Å². The highest BCUT2D eigenvalue weighted by Crippen LogP contribution is 2.56. The van der Waals surface area contributed by atoms with Crippen molar-refractivity contribution in [3.63, 3.8) is 0 Å². The molecule has 0 saturated carbocycles. The van der Waals surface area contributed by atoms with Crippen LogP contribution in [0.4, 0.5) is 0 Å². The van der Waals surface area contributed by atoms with E-state index in [-0.39, 0.29) is 62.3 Å². The lowest BCUT2D eigenvalue weighted by Crippen LogP contribution is -2.60. The van der Waals surface area contributed by atoms with E-state index in [2.05, 4.69) is 217 Å². The third-order valence-corrected chi connectivity index (χ3v) is 36.8. The molecule has 1 spiro atoms. The van der Waals surface area contributed by atoms with Crippen LogP contribution in [0.3, 0.4) is 0 Å². The van der Waals surface area contributed by atoms with Gasteiger partial charge < -0.3 is 37.0 Å². The molecule has 0 aromatic rings. The fourth-order valence-electron chi connectivity index (χ4n) is 8.25. The fraction of sp³-hybridized carbons (Fsp3) is 0.923. The van der Waals surface area contributed by atoms with Crippen LogP contribution in [-0.2, 0) is 31.9 Å². The molecule has 2 aliphatic rings. The molecule has 384 valence electrons. The Kier molecular flexibility index (Phi) is 20.8. The Hall–Kier alpha value is 0.758. The Bertz CT molecular complexity index is 1600. The van der Waals surface area contributed by atoms with Crippen LogP contribution in [0.15, 0.2) is 21.3 Å². The molecule has 2 rings (SSSR count). The van der Waals surface area contributed by atoms with E-state index in [4.69, 9.17) is 31.9 Å². The van der Waals surface area contributed by atoms with E-state index in [0.717, 1.165) is 6.42 Å². The number of methoxy groups -OCH3 is 1. The van der Waals surface area contributed by atoms with Crippen molar-refractivity contribution in [2.24, 2.45) is 23.2 Å². The molecule has 1 N–H and O–H groups in total. The van der Waals surface area contributed by atoms with Crippen LogP contribution < -0.4 is 0 Å². The van der Waals surface area contributed by atoms with Crippen LogP contribution in [0, 0.1) is 23.2 Å². The van der Waals surface area contributed by atoms with Gasteiger partial charge in [0.2, 0.25) is 0 Å². The first-order chi connectivity index (χ1) is 28.9. The van der Waals surface area contributed by atoms with Gasteiger partial charge in [-0.2, -0.15) is 0 Å². The number of hydrogen-bond acceptors (Lipinski definition) is 8. The number of rotatable bonds is 19. The number of allylic oxidation sites excluding steroid dienone is 2. The summed E-state index contributed by atoms with van der Waals surface area (Å²) < 4.78 is 52.7. The summed E-state index contributed by atoms with van der Waals surface area (Å²) in [5, 5.41) is 12.8. The van der Waals surface area contributed by atoms with Gasteiger partial charge >= 0.3 is 0 Å². The predicted octanol–water partition coefficient (Wildman–Crippen LogP) is 15.4. The van der Waals surface area contributed by atoms with Crippen LogP contribution in [0.5, 0.6) is 0 Å². The molecule has 0 bridgehead atoms. The summed E-state index contributed by atoms with van der Waals surface area (Å²) in [5.41, 5.74) is 1.73. The fourth-order valence-corrected chi connectivity index (χ4v) is 14.1. The van der Waals surface area contributed by atoms with Crippen molar-refractivity contribution in [2.45, 2.75) is 272 Å². The highest BCUT2D eigenvalue weighted by Gasteiger charge is 2.67. The average molecular weight is 1100 g/mol. The van der Waals surface area contributed by atoms with Crippen LogP contribution >= 0.6 is 22.6 Å². The highest BCUT2D eigenvalue weighted by atomic mass is 127. The molecule has 8 nitrogen and oxygen atoms in total. The molecular formula is C52H105IO8Si4. The summed E-state index contributed by atoms with van der Waals surface area (Å²) >= 11 is 2.34. The van der Waals surface area contributed by atoms with Crippen LogP contribution in [-0.4, -0.2) is 101 Å². The van der Waals surface area contributed by atoms with Crippen molar-refractivity contribution in [1.82, 2.24) is 0 Å². The molecule has 2 fully saturated rings. The monoisotopic (exact) mass is 1100 g/mol. The molecule has 2 saturated heterocycles. The zero-order chi connectivity index (χ0) is 51.1. The van der Waals surface area contributed by atoms with Gasteiger partial charge in [0.05, 0.1) is 36.6 Å². The van der Waals surface area contributed by atoms with Crippen molar-refractivity contribution in [3.05, 3.63) is 21.3 Å². The van der Waals surface area contributed by atoms with Crippen molar-refractivity contribution in [1.29, 1.82) is 0 Å². The third kappa shape index (κ3) is 14.5. The molecule has 2 heterocycles. The van der Waals surface area contributed by atoms with Gasteiger partial charge in [0.25, 0.3) is 0 Å². The van der Waals surface area contributed by atoms with Gasteiger partial charge in [-0.25, -0.2) is 0 Å². The minimum absolute atomic E-state index is 0.0150. The van der Waals surface area contributed by atoms with Crippen LogP contribution in [0.25, 0.3) is 0 Å². The molecular weight excluding hydrogens is 992 g/mol. The molecule has 0 aromatic heterocycles. The standard InChI is InChI=1S/C52H105IO8Si4/c1-35(37(3)34-53)31-36(2)44(61-65(27,28)50(15,16)17)39(5)41(59-63(23,24)48(9,10)11)32-42(55-20)45-46(54)51(18,19)52(58-45)33-43(60-64(25,26)49(12,13)14)38(4)40(57-52)29-30-56-62(21,22)47(6,7)8/h31,34,36,38-46,54H,29-30,32-33H2,1-28H3/b35-31+,37-34+/t36-,38+,39+,40+,41+,42+,43-,44-,45+,46+,52+/m0/s1. The smallest absolute Gasteiger partial charge is 0.192 e. The lowest BCUT2D eigenvalue weighted by molar-refractivity contribution is -0.335. The van der Waals surface area contributed by atoms with Gasteiger partial charge in [0, 0.05) is 43.8 Å². The Morgan fingerprint density at radius 3 is 1.68 bits per heavy atom. The van der Waals surface area contributed by atoms with E-state index in [1.54, 1.807) is 7.11 Å². The zero-order valence-electron chi connectivity index (χ0n) is 47.4. The maximum Gasteiger partial charge on any atom is 0.192 e. The third-order valence-electron chi connectivity index (χ3n) is 17.8. The Morgan fingerprint density at radius 1 is 0.754 bits per heavy atom. The van der Waals surface area contributed by atoms with Gasteiger partial charge in [-0.05, 0) is 108 Å². The van der Waals surface area contributed by atoms with E-state index in [0.29, 0.717) is 19.4 Å². The van der Waals surface area contributed by atoms with Crippen molar-refractivity contribution in [2.75, 3.05) is 13.7 Å². The Balaban J connectivity index is 2.79. The normalized spacial score (nSPS) is 28.4. The number of ether oxygens (including phenoxy) is 3. The van der Waals surface area contributed by atoms with Gasteiger partial charge in [-0.15, -0.1) is 0 Å². The molecule has 2 aliphatic heterocycles. The summed E-state index contributed by atoms with van der Waals surface area (Å²) in [7, 11) is -7.05. The van der Waals surface area contributed by atoms with Crippen LogP contribution in [0.1, 0.15) is 151 Å². The van der Waals surface area contributed by atoms with Gasteiger partial charge in [-0.3, -0.25) is 0 Å². The van der Waals surface area contributed by atoms with Crippen molar-refractivity contribution >= 4 is 55.9 Å². The maximum absolute atomic E-state index is 12.7. The maximum atomic E-state index is 12.7. The average Bonchev–Trinajstić information content (AvgIpc) is 3.31. The largest absolute Gasteiger partial charge is 0.417 e. The molecule has 0 unspecified atom stereocenters. The van der Waals surface area contributed by atoms with Gasteiger partial charge in [-0.1, -0.05) is 152 Å². The first-order valence-corrected chi connectivity index (χ1v) is 37.9. The number of halogens is 1. The summed E-state index contributed by atoms with van der Waals surface area (Å²) in [5.74, 6) is -0.923. The van der Waals surface area contributed by atoms with Crippen molar-refractivity contribution in [3.8, 4) is 0 Å². The second kappa shape index (κ2) is 21.9. The zero-order valence-corrected chi connectivity index (χ0v) is 53.6. The van der Waals surface area contributed by atoms with E-state index in [9.17, 15) is 5.11 Å². The van der Waals surface area contributed by atoms with E-state index >= 15 is 0 Å². The van der Waals surface area contributed by atoms with E-state index in [1.807, 2.05) is 0 Å². The summed E-state index contributed by atoms with van der Waals surface area (Å²) in [6.45, 7) is 62.4. The summed E-state index contributed by atoms with van der Waals surface area (Å²) in [6, 6.07) is 0. The molecule has 65 heavy (non-hydrogen) atoms. The molecule has 0 aromatic carbocycles. The number of hydrogen-bond donors (Lipinski definition) is 1. The molecule has 0 amide bonds. The minimum Gasteiger partial charge on any atom is -0.417 e. The SMILES string of the molecule is CO[C@H](C[C@@H](O[Si](C)(C)C(C)(C)C)[C@@H](C)[C@@H](O[Si](C)(C)C(C)(C)C)[C@@H](C)/C=C(C)/C(C)=C/I)[C@H]1O[C@]2(C[C@H](O[Si](C)(C)C(C)(C)C)[C@H](C)[C@@H](CCO[Si](C)(C)C(C)(C)C)O2)C(C)(C)[C@@H]1O.